The van der Waals surface area contributed by atoms with Crippen LogP contribution in [0.1, 0.15) is 10.4 Å². The normalized spacial score (nSPS) is 14.8. The summed E-state index contributed by atoms with van der Waals surface area (Å²) in [5.74, 6) is -0.259. The number of ether oxygens (including phenoxy) is 2. The molecule has 0 spiro atoms. The highest BCUT2D eigenvalue weighted by molar-refractivity contribution is 5.98. The van der Waals surface area contributed by atoms with E-state index in [0.29, 0.717) is 31.9 Å². The second kappa shape index (κ2) is 6.85. The van der Waals surface area contributed by atoms with Gasteiger partial charge < -0.3 is 19.7 Å². The number of rotatable bonds is 4. The first-order valence-corrected chi connectivity index (χ1v) is 6.35. The monoisotopic (exact) mass is 279 g/mol. The molecule has 20 heavy (non-hydrogen) atoms. The van der Waals surface area contributed by atoms with Crippen molar-refractivity contribution < 1.29 is 19.1 Å². The topological polar surface area (TPSA) is 80.8 Å². The Labute approximate surface area is 116 Å². The smallest absolute Gasteiger partial charge is 0.257 e. The molecule has 2 heterocycles. The minimum atomic E-state index is -0.378. The Bertz CT molecular complexity index is 486. The van der Waals surface area contributed by atoms with Gasteiger partial charge in [-0.25, -0.2) is 4.98 Å². The van der Waals surface area contributed by atoms with Crippen molar-refractivity contribution in [3.05, 3.63) is 23.9 Å². The maximum absolute atomic E-state index is 12.0. The minimum absolute atomic E-state index is 0.0448. The summed E-state index contributed by atoms with van der Waals surface area (Å²) >= 11 is 0. The van der Waals surface area contributed by atoms with E-state index in [1.54, 1.807) is 17.0 Å². The molecule has 1 fully saturated rings. The Morgan fingerprint density at radius 2 is 2.20 bits per heavy atom. The molecule has 108 valence electrons. The van der Waals surface area contributed by atoms with Crippen LogP contribution in [0.5, 0.6) is 5.88 Å². The number of nitrogens with one attached hydrogen (secondary N) is 1. The van der Waals surface area contributed by atoms with Gasteiger partial charge in [0.25, 0.3) is 5.91 Å². The molecule has 0 aromatic carbocycles. The molecule has 1 aromatic heterocycles. The van der Waals surface area contributed by atoms with Crippen LogP contribution >= 0.6 is 0 Å². The van der Waals surface area contributed by atoms with Crippen molar-refractivity contribution in [2.75, 3.05) is 40.0 Å². The molecule has 0 radical (unpaired) electrons. The number of carbonyl (C=O) groups excluding carboxylic acids is 2. The van der Waals surface area contributed by atoms with Crippen LogP contribution in [-0.2, 0) is 9.53 Å². The van der Waals surface area contributed by atoms with Crippen molar-refractivity contribution in [3.63, 3.8) is 0 Å². The Balaban J connectivity index is 1.89. The van der Waals surface area contributed by atoms with Gasteiger partial charge in [0.1, 0.15) is 5.56 Å². The summed E-state index contributed by atoms with van der Waals surface area (Å²) in [5, 5.41) is 2.58. The maximum Gasteiger partial charge on any atom is 0.257 e. The van der Waals surface area contributed by atoms with E-state index in [2.05, 4.69) is 10.3 Å². The summed E-state index contributed by atoms with van der Waals surface area (Å²) in [7, 11) is 1.44. The SMILES string of the molecule is COc1ncccc1C(=O)NCC(=O)N1CCOCC1. The van der Waals surface area contributed by atoms with Gasteiger partial charge in [0.05, 0.1) is 26.9 Å². The highest BCUT2D eigenvalue weighted by atomic mass is 16.5. The predicted molar refractivity (Wildman–Crippen MR) is 70.5 cm³/mol. The summed E-state index contributed by atoms with van der Waals surface area (Å²) in [6.45, 7) is 2.15. The van der Waals surface area contributed by atoms with Gasteiger partial charge in [0, 0.05) is 19.3 Å². The van der Waals surface area contributed by atoms with E-state index in [0.717, 1.165) is 0 Å². The number of hydrogen-bond donors (Lipinski definition) is 1. The van der Waals surface area contributed by atoms with Crippen molar-refractivity contribution in [2.45, 2.75) is 0 Å². The third-order valence-corrected chi connectivity index (χ3v) is 2.97. The highest BCUT2D eigenvalue weighted by Gasteiger charge is 2.18. The summed E-state index contributed by atoms with van der Waals surface area (Å²) in [4.78, 5) is 29.5. The van der Waals surface area contributed by atoms with Crippen molar-refractivity contribution >= 4 is 11.8 Å². The average Bonchev–Trinajstić information content (AvgIpc) is 2.53. The molecule has 1 aromatic rings. The summed E-state index contributed by atoms with van der Waals surface area (Å²) in [6, 6.07) is 3.24. The molecule has 1 aliphatic heterocycles. The van der Waals surface area contributed by atoms with Gasteiger partial charge in [-0.05, 0) is 12.1 Å². The van der Waals surface area contributed by atoms with Gasteiger partial charge in [-0.2, -0.15) is 0 Å². The van der Waals surface area contributed by atoms with E-state index >= 15 is 0 Å². The molecule has 1 aliphatic rings. The predicted octanol–water partition coefficient (Wildman–Crippen LogP) is -0.321. The molecule has 7 heteroatoms. The fourth-order valence-electron chi connectivity index (χ4n) is 1.90. The fraction of sp³-hybridized carbons (Fsp3) is 0.462. The van der Waals surface area contributed by atoms with Gasteiger partial charge in [-0.15, -0.1) is 0 Å². The van der Waals surface area contributed by atoms with Crippen LogP contribution in [0.4, 0.5) is 0 Å². The Hall–Kier alpha value is -2.15. The van der Waals surface area contributed by atoms with Crippen LogP contribution < -0.4 is 10.1 Å². The molecule has 0 bridgehead atoms. The van der Waals surface area contributed by atoms with E-state index in [-0.39, 0.29) is 24.2 Å². The molecule has 1 N–H and O–H groups in total. The standard InChI is InChI=1S/C13H17N3O4/c1-19-13-10(3-2-4-14-13)12(18)15-9-11(17)16-5-7-20-8-6-16/h2-4H,5-9H2,1H3,(H,15,18). The molecular formula is C13H17N3O4. The first kappa shape index (κ1) is 14.3. The van der Waals surface area contributed by atoms with Crippen LogP contribution in [0.25, 0.3) is 0 Å². The van der Waals surface area contributed by atoms with Gasteiger partial charge in [0.15, 0.2) is 0 Å². The number of carbonyl (C=O) groups is 2. The zero-order chi connectivity index (χ0) is 14.4. The minimum Gasteiger partial charge on any atom is -0.480 e. The number of methoxy groups -OCH3 is 1. The summed E-state index contributed by atoms with van der Waals surface area (Å²) < 4.78 is 10.2. The Morgan fingerprint density at radius 1 is 1.45 bits per heavy atom. The number of nitrogens with zero attached hydrogens (tertiary/aromatic N) is 2. The van der Waals surface area contributed by atoms with Crippen LogP contribution in [0.3, 0.4) is 0 Å². The van der Waals surface area contributed by atoms with Crippen LogP contribution in [0.2, 0.25) is 0 Å². The Morgan fingerprint density at radius 3 is 2.90 bits per heavy atom. The molecule has 7 nitrogen and oxygen atoms in total. The van der Waals surface area contributed by atoms with Gasteiger partial charge in [-0.3, -0.25) is 9.59 Å². The van der Waals surface area contributed by atoms with E-state index in [1.165, 1.54) is 13.3 Å². The second-order valence-corrected chi connectivity index (χ2v) is 4.24. The zero-order valence-corrected chi connectivity index (χ0v) is 11.3. The van der Waals surface area contributed by atoms with Crippen molar-refractivity contribution in [1.29, 1.82) is 0 Å². The van der Waals surface area contributed by atoms with Gasteiger partial charge >= 0.3 is 0 Å². The Kier molecular flexibility index (Phi) is 4.89. The largest absolute Gasteiger partial charge is 0.480 e. The molecule has 2 amide bonds. The number of morpholine rings is 1. The molecule has 0 unspecified atom stereocenters. The lowest BCUT2D eigenvalue weighted by Crippen LogP contribution is -2.45. The van der Waals surface area contributed by atoms with Crippen LogP contribution in [0, 0.1) is 0 Å². The molecule has 0 atom stereocenters. The third kappa shape index (κ3) is 3.45. The summed E-state index contributed by atoms with van der Waals surface area (Å²) in [6.07, 6.45) is 1.54. The van der Waals surface area contributed by atoms with Gasteiger partial charge in [0.2, 0.25) is 11.8 Å². The first-order valence-electron chi connectivity index (χ1n) is 6.35. The van der Waals surface area contributed by atoms with E-state index < -0.39 is 0 Å². The second-order valence-electron chi connectivity index (χ2n) is 4.24. The molecular weight excluding hydrogens is 262 g/mol. The van der Waals surface area contributed by atoms with Crippen molar-refractivity contribution in [3.8, 4) is 5.88 Å². The molecule has 0 aliphatic carbocycles. The lowest BCUT2D eigenvalue weighted by atomic mass is 10.2. The van der Waals surface area contributed by atoms with E-state index in [9.17, 15) is 9.59 Å². The van der Waals surface area contributed by atoms with Crippen molar-refractivity contribution in [1.82, 2.24) is 15.2 Å². The molecule has 0 saturated carbocycles. The van der Waals surface area contributed by atoms with E-state index in [4.69, 9.17) is 9.47 Å². The lowest BCUT2D eigenvalue weighted by Gasteiger charge is -2.26. The van der Waals surface area contributed by atoms with Crippen LogP contribution in [0.15, 0.2) is 18.3 Å². The summed E-state index contributed by atoms with van der Waals surface area (Å²) in [5.41, 5.74) is 0.310. The third-order valence-electron chi connectivity index (χ3n) is 2.97. The fourth-order valence-corrected chi connectivity index (χ4v) is 1.90. The first-order chi connectivity index (χ1) is 9.72. The van der Waals surface area contributed by atoms with Crippen LogP contribution in [-0.4, -0.2) is 61.7 Å². The highest BCUT2D eigenvalue weighted by Crippen LogP contribution is 2.12. The number of pyridine rings is 1. The van der Waals surface area contributed by atoms with Gasteiger partial charge in [-0.1, -0.05) is 0 Å². The maximum atomic E-state index is 12.0. The number of aromatic nitrogens is 1. The molecule has 2 rings (SSSR count). The van der Waals surface area contributed by atoms with E-state index in [1.807, 2.05) is 0 Å². The number of hydrogen-bond acceptors (Lipinski definition) is 5. The lowest BCUT2D eigenvalue weighted by molar-refractivity contribution is -0.134. The quantitative estimate of drug-likeness (QED) is 0.817. The zero-order valence-electron chi connectivity index (χ0n) is 11.3. The van der Waals surface area contributed by atoms with Crippen molar-refractivity contribution in [2.24, 2.45) is 0 Å². The molecule has 1 saturated heterocycles. The number of amides is 2. The average molecular weight is 279 g/mol.